The van der Waals surface area contributed by atoms with Crippen molar-refractivity contribution in [2.75, 3.05) is 11.5 Å². The molecule has 1 aromatic carbocycles. The number of ketones is 1. The van der Waals surface area contributed by atoms with Gasteiger partial charge in [0.2, 0.25) is 0 Å². The lowest BCUT2D eigenvalue weighted by Gasteiger charge is -2.23. The lowest BCUT2D eigenvalue weighted by atomic mass is 10.00. The van der Waals surface area contributed by atoms with Gasteiger partial charge in [0, 0.05) is 33.9 Å². The van der Waals surface area contributed by atoms with E-state index in [0.717, 1.165) is 17.1 Å². The van der Waals surface area contributed by atoms with Crippen molar-refractivity contribution >= 4 is 40.7 Å². The molecule has 1 aliphatic heterocycles. The van der Waals surface area contributed by atoms with Crippen molar-refractivity contribution in [1.82, 2.24) is 0 Å². The fourth-order valence-corrected chi connectivity index (χ4v) is 2.82. The average Bonchev–Trinajstić information content (AvgIpc) is 2.08. The molecule has 1 aliphatic rings. The fraction of sp³-hybridized carbons (Fsp3) is 0.364. The molecule has 1 heterocycles. The van der Waals surface area contributed by atoms with E-state index in [1.165, 1.54) is 0 Å². The second-order valence-electron chi connectivity index (χ2n) is 3.58. The molecular weight excluding hydrogens is 251 g/mol. The maximum absolute atomic E-state index is 11.8. The van der Waals surface area contributed by atoms with E-state index in [4.69, 9.17) is 23.2 Å². The molecule has 0 amide bonds. The molecule has 0 radical (unpaired) electrons. The van der Waals surface area contributed by atoms with Crippen LogP contribution < -0.4 is 0 Å². The summed E-state index contributed by atoms with van der Waals surface area (Å²) in [6.07, 6.45) is 0.365. The SMILES string of the molecule is O=C(Cc1c(Cl)cccc1Cl)C1CSC1. The van der Waals surface area contributed by atoms with Crippen molar-refractivity contribution in [2.45, 2.75) is 6.42 Å². The quantitative estimate of drug-likeness (QED) is 0.828. The van der Waals surface area contributed by atoms with Gasteiger partial charge in [-0.2, -0.15) is 11.8 Å². The normalized spacial score (nSPS) is 16.1. The molecule has 0 spiro atoms. The second kappa shape index (κ2) is 4.77. The Morgan fingerprint density at radius 2 is 1.93 bits per heavy atom. The number of hydrogen-bond acceptors (Lipinski definition) is 2. The van der Waals surface area contributed by atoms with E-state index in [0.29, 0.717) is 16.5 Å². The summed E-state index contributed by atoms with van der Waals surface area (Å²) < 4.78 is 0. The molecule has 0 saturated carbocycles. The van der Waals surface area contributed by atoms with Crippen molar-refractivity contribution in [3.63, 3.8) is 0 Å². The van der Waals surface area contributed by atoms with Gasteiger partial charge in [-0.25, -0.2) is 0 Å². The zero-order valence-electron chi connectivity index (χ0n) is 8.00. The minimum absolute atomic E-state index is 0.210. The number of Topliss-reactive ketones (excluding diaryl/α,β-unsaturated/α-hetero) is 1. The first-order valence-electron chi connectivity index (χ1n) is 4.72. The third-order valence-electron chi connectivity index (χ3n) is 2.51. The first-order chi connectivity index (χ1) is 7.18. The highest BCUT2D eigenvalue weighted by molar-refractivity contribution is 8.00. The molecule has 4 heteroatoms. The minimum atomic E-state index is 0.210. The van der Waals surface area contributed by atoms with Crippen LogP contribution in [0.3, 0.4) is 0 Å². The molecule has 0 aliphatic carbocycles. The van der Waals surface area contributed by atoms with Gasteiger partial charge in [0.1, 0.15) is 5.78 Å². The highest BCUT2D eigenvalue weighted by atomic mass is 35.5. The van der Waals surface area contributed by atoms with E-state index in [-0.39, 0.29) is 11.7 Å². The molecule has 80 valence electrons. The lowest BCUT2D eigenvalue weighted by Crippen LogP contribution is -2.28. The van der Waals surface area contributed by atoms with E-state index in [9.17, 15) is 4.79 Å². The number of thioether (sulfide) groups is 1. The van der Waals surface area contributed by atoms with Gasteiger partial charge in [0.15, 0.2) is 0 Å². The smallest absolute Gasteiger partial charge is 0.142 e. The second-order valence-corrected chi connectivity index (χ2v) is 5.47. The molecule has 0 atom stereocenters. The first-order valence-corrected chi connectivity index (χ1v) is 6.63. The lowest BCUT2D eigenvalue weighted by molar-refractivity contribution is -0.121. The van der Waals surface area contributed by atoms with Crippen molar-refractivity contribution in [3.05, 3.63) is 33.8 Å². The van der Waals surface area contributed by atoms with Crippen LogP contribution in [-0.4, -0.2) is 17.3 Å². The summed E-state index contributed by atoms with van der Waals surface area (Å²) >= 11 is 13.8. The van der Waals surface area contributed by atoms with Crippen molar-refractivity contribution in [1.29, 1.82) is 0 Å². The predicted molar refractivity (Wildman–Crippen MR) is 66.0 cm³/mol. The summed E-state index contributed by atoms with van der Waals surface area (Å²) in [7, 11) is 0. The van der Waals surface area contributed by atoms with Crippen LogP contribution >= 0.6 is 35.0 Å². The molecular formula is C11H10Cl2OS. The van der Waals surface area contributed by atoms with Crippen LogP contribution in [0.2, 0.25) is 10.0 Å². The number of hydrogen-bond donors (Lipinski definition) is 0. The Labute approximate surface area is 103 Å². The summed E-state index contributed by atoms with van der Waals surface area (Å²) in [5.74, 6) is 2.35. The molecule has 0 bridgehead atoms. The van der Waals surface area contributed by atoms with Crippen LogP contribution in [0.1, 0.15) is 5.56 Å². The summed E-state index contributed by atoms with van der Waals surface area (Å²) in [5.41, 5.74) is 0.766. The molecule has 0 N–H and O–H groups in total. The summed E-state index contributed by atoms with van der Waals surface area (Å²) in [5, 5.41) is 1.17. The Bertz CT molecular complexity index is 368. The maximum Gasteiger partial charge on any atom is 0.142 e. The highest BCUT2D eigenvalue weighted by Crippen LogP contribution is 2.30. The maximum atomic E-state index is 11.8. The van der Waals surface area contributed by atoms with Crippen LogP contribution in [0, 0.1) is 5.92 Å². The highest BCUT2D eigenvalue weighted by Gasteiger charge is 2.26. The minimum Gasteiger partial charge on any atom is -0.299 e. The largest absolute Gasteiger partial charge is 0.299 e. The van der Waals surface area contributed by atoms with Gasteiger partial charge in [0.25, 0.3) is 0 Å². The molecule has 2 rings (SSSR count). The molecule has 15 heavy (non-hydrogen) atoms. The Hall–Kier alpha value is -0.180. The van der Waals surface area contributed by atoms with Gasteiger partial charge in [0.05, 0.1) is 0 Å². The Morgan fingerprint density at radius 3 is 2.40 bits per heavy atom. The number of carbonyl (C=O) groups excluding carboxylic acids is 1. The molecule has 1 fully saturated rings. The zero-order valence-corrected chi connectivity index (χ0v) is 10.3. The van der Waals surface area contributed by atoms with E-state index in [1.54, 1.807) is 30.0 Å². The van der Waals surface area contributed by atoms with Crippen molar-refractivity contribution < 1.29 is 4.79 Å². The first kappa shape index (κ1) is 11.3. The Morgan fingerprint density at radius 1 is 1.33 bits per heavy atom. The summed E-state index contributed by atoms with van der Waals surface area (Å²) in [6.45, 7) is 0. The average molecular weight is 261 g/mol. The van der Waals surface area contributed by atoms with Crippen LogP contribution in [0.5, 0.6) is 0 Å². The van der Waals surface area contributed by atoms with E-state index >= 15 is 0 Å². The summed E-state index contributed by atoms with van der Waals surface area (Å²) in [4.78, 5) is 11.8. The molecule has 1 saturated heterocycles. The van der Waals surface area contributed by atoms with Crippen LogP contribution in [0.4, 0.5) is 0 Å². The van der Waals surface area contributed by atoms with Gasteiger partial charge < -0.3 is 0 Å². The monoisotopic (exact) mass is 260 g/mol. The number of benzene rings is 1. The van der Waals surface area contributed by atoms with Crippen LogP contribution in [0.15, 0.2) is 18.2 Å². The van der Waals surface area contributed by atoms with E-state index in [2.05, 4.69) is 0 Å². The van der Waals surface area contributed by atoms with Gasteiger partial charge in [-0.1, -0.05) is 29.3 Å². The molecule has 1 aromatic rings. The molecule has 1 nitrogen and oxygen atoms in total. The van der Waals surface area contributed by atoms with E-state index in [1.807, 2.05) is 0 Å². The third kappa shape index (κ3) is 2.49. The van der Waals surface area contributed by atoms with E-state index < -0.39 is 0 Å². The number of rotatable bonds is 3. The van der Waals surface area contributed by atoms with Crippen molar-refractivity contribution in [3.8, 4) is 0 Å². The zero-order chi connectivity index (χ0) is 10.8. The van der Waals surface area contributed by atoms with Gasteiger partial charge in [-0.15, -0.1) is 0 Å². The molecule has 0 aromatic heterocycles. The molecule has 0 unspecified atom stereocenters. The Balaban J connectivity index is 2.12. The van der Waals surface area contributed by atoms with Gasteiger partial charge in [-0.3, -0.25) is 4.79 Å². The van der Waals surface area contributed by atoms with Crippen LogP contribution in [-0.2, 0) is 11.2 Å². The van der Waals surface area contributed by atoms with Crippen LogP contribution in [0.25, 0.3) is 0 Å². The number of halogens is 2. The van der Waals surface area contributed by atoms with Crippen molar-refractivity contribution in [2.24, 2.45) is 5.92 Å². The van der Waals surface area contributed by atoms with Gasteiger partial charge in [-0.05, 0) is 17.7 Å². The number of carbonyl (C=O) groups is 1. The van der Waals surface area contributed by atoms with Gasteiger partial charge >= 0.3 is 0 Å². The third-order valence-corrected chi connectivity index (χ3v) is 4.49. The topological polar surface area (TPSA) is 17.1 Å². The standard InChI is InChI=1S/C11H10Cl2OS/c12-9-2-1-3-10(13)8(9)4-11(14)7-5-15-6-7/h1-3,7H,4-6H2. The Kier molecular flexibility index (Phi) is 3.60. The predicted octanol–water partition coefficient (Wildman–Crippen LogP) is 3.47. The summed E-state index contributed by atoms with van der Waals surface area (Å²) in [6, 6.07) is 5.33. The fourth-order valence-electron chi connectivity index (χ4n) is 1.44.